The number of hydrogen-bond donors (Lipinski definition) is 0. The van der Waals surface area contributed by atoms with Crippen molar-refractivity contribution in [1.82, 2.24) is 4.90 Å². The third-order valence-corrected chi connectivity index (χ3v) is 6.37. The molecule has 1 heterocycles. The van der Waals surface area contributed by atoms with Crippen molar-refractivity contribution in [2.45, 2.75) is 13.0 Å². The molecule has 0 spiro atoms. The van der Waals surface area contributed by atoms with Crippen LogP contribution in [-0.4, -0.2) is 16.7 Å². The maximum atomic E-state index is 13.3. The highest BCUT2D eigenvalue weighted by Crippen LogP contribution is 2.45. The van der Waals surface area contributed by atoms with Crippen molar-refractivity contribution in [2.75, 3.05) is 0 Å². The zero-order chi connectivity index (χ0) is 23.6. The van der Waals surface area contributed by atoms with Gasteiger partial charge in [0.25, 0.3) is 11.8 Å². The third-order valence-electron chi connectivity index (χ3n) is 5.68. The Bertz CT molecular complexity index is 1300. The predicted octanol–water partition coefficient (Wildman–Crippen LogP) is 5.80. The van der Waals surface area contributed by atoms with Gasteiger partial charge < -0.3 is 0 Å². The number of carbonyl (C=O) groups excluding carboxylic acids is 2. The number of benzene rings is 3. The van der Waals surface area contributed by atoms with Gasteiger partial charge >= 0.3 is 0 Å². The Morgan fingerprint density at radius 2 is 1.39 bits per heavy atom. The van der Waals surface area contributed by atoms with Crippen LogP contribution < -0.4 is 0 Å². The molecule has 160 valence electrons. The van der Waals surface area contributed by atoms with E-state index in [1.807, 2.05) is 31.2 Å². The van der Waals surface area contributed by atoms with Crippen LogP contribution in [0.4, 0.5) is 0 Å². The minimum Gasteiger partial charge on any atom is -0.269 e. The molecule has 1 aliphatic heterocycles. The van der Waals surface area contributed by atoms with Crippen molar-refractivity contribution in [3.8, 4) is 12.1 Å². The molecule has 1 unspecified atom stereocenters. The monoisotopic (exact) mass is 495 g/mol. The number of amides is 2. The number of rotatable bonds is 5. The summed E-state index contributed by atoms with van der Waals surface area (Å²) >= 11 is 3.51. The molecule has 5 nitrogen and oxygen atoms in total. The molecule has 0 radical (unpaired) electrons. The van der Waals surface area contributed by atoms with Crippen molar-refractivity contribution >= 4 is 32.2 Å². The van der Waals surface area contributed by atoms with Gasteiger partial charge in [-0.05, 0) is 36.3 Å². The molecule has 0 fully saturated rings. The minimum absolute atomic E-state index is 0.259. The summed E-state index contributed by atoms with van der Waals surface area (Å²) in [6, 6.07) is 25.9. The molecule has 0 aromatic heterocycles. The number of aryl methyl sites for hydroxylation is 1. The van der Waals surface area contributed by atoms with Crippen LogP contribution in [0.2, 0.25) is 0 Å². The highest BCUT2D eigenvalue weighted by molar-refractivity contribution is 9.15. The van der Waals surface area contributed by atoms with Crippen LogP contribution in [0, 0.1) is 35.0 Å². The Balaban J connectivity index is 1.91. The van der Waals surface area contributed by atoms with Gasteiger partial charge in [0.2, 0.25) is 0 Å². The highest BCUT2D eigenvalue weighted by Gasteiger charge is 2.50. The quantitative estimate of drug-likeness (QED) is 0.418. The molecule has 0 saturated heterocycles. The van der Waals surface area contributed by atoms with E-state index in [9.17, 15) is 20.1 Å². The molecule has 33 heavy (non-hydrogen) atoms. The molecule has 0 aliphatic carbocycles. The molecule has 0 saturated carbocycles. The first-order valence-electron chi connectivity index (χ1n) is 10.2. The highest BCUT2D eigenvalue weighted by atomic mass is 79.9. The van der Waals surface area contributed by atoms with Crippen molar-refractivity contribution in [2.24, 2.45) is 5.41 Å². The van der Waals surface area contributed by atoms with E-state index in [0.717, 1.165) is 16.0 Å². The molecule has 3 aromatic rings. The number of fused-ring (bicyclic) bond motifs is 1. The van der Waals surface area contributed by atoms with E-state index in [1.54, 1.807) is 54.6 Å². The molecule has 0 bridgehead atoms. The largest absolute Gasteiger partial charge is 0.269 e. The number of nitrogens with zero attached hydrogens (tertiary/aromatic N) is 3. The Kier molecular flexibility index (Phi) is 5.96. The molecule has 6 heteroatoms. The van der Waals surface area contributed by atoms with E-state index in [4.69, 9.17) is 0 Å². The lowest BCUT2D eigenvalue weighted by Gasteiger charge is -2.34. The fourth-order valence-electron chi connectivity index (χ4n) is 3.98. The van der Waals surface area contributed by atoms with Gasteiger partial charge in [0, 0.05) is 4.48 Å². The lowest BCUT2D eigenvalue weighted by atomic mass is 9.77. The summed E-state index contributed by atoms with van der Waals surface area (Å²) in [7, 11) is 0. The second kappa shape index (κ2) is 8.86. The summed E-state index contributed by atoms with van der Waals surface area (Å²) in [6.45, 7) is 1.96. The van der Waals surface area contributed by atoms with Crippen molar-refractivity contribution in [3.05, 3.63) is 113 Å². The molecule has 1 aliphatic rings. The Hall–Kier alpha value is -4.00. The Labute approximate surface area is 200 Å². The minimum atomic E-state index is -1.85. The first-order chi connectivity index (χ1) is 15.9. The number of nitriles is 2. The summed E-state index contributed by atoms with van der Waals surface area (Å²) in [6.07, 6.45) is 1.48. The van der Waals surface area contributed by atoms with Crippen molar-refractivity contribution in [3.63, 3.8) is 0 Å². The van der Waals surface area contributed by atoms with E-state index >= 15 is 0 Å². The molecular formula is C27H18BrN3O2. The van der Waals surface area contributed by atoms with Crippen LogP contribution in [0.5, 0.6) is 0 Å². The lowest BCUT2D eigenvalue weighted by molar-refractivity contribution is 0.0534. The van der Waals surface area contributed by atoms with Gasteiger partial charge in [-0.15, -0.1) is 0 Å². The van der Waals surface area contributed by atoms with E-state index in [-0.39, 0.29) is 11.1 Å². The number of halogens is 1. The fraction of sp³-hybridized carbons (Fsp3) is 0.111. The second-order valence-electron chi connectivity index (χ2n) is 7.79. The summed E-state index contributed by atoms with van der Waals surface area (Å²) in [5.74, 6) is -1.06. The van der Waals surface area contributed by atoms with Crippen LogP contribution in [0.15, 0.2) is 84.9 Å². The van der Waals surface area contributed by atoms with Crippen LogP contribution >= 0.6 is 15.9 Å². The summed E-state index contributed by atoms with van der Waals surface area (Å²) < 4.78 is 0.517. The van der Waals surface area contributed by atoms with Gasteiger partial charge in [-0.2, -0.15) is 10.5 Å². The smallest absolute Gasteiger partial charge is 0.262 e. The average molecular weight is 496 g/mol. The maximum absolute atomic E-state index is 13.3. The Morgan fingerprint density at radius 1 is 0.879 bits per heavy atom. The van der Waals surface area contributed by atoms with Gasteiger partial charge in [-0.1, -0.05) is 88.2 Å². The zero-order valence-electron chi connectivity index (χ0n) is 17.7. The number of hydrogen-bond acceptors (Lipinski definition) is 4. The van der Waals surface area contributed by atoms with E-state index in [1.165, 1.54) is 6.08 Å². The zero-order valence-corrected chi connectivity index (χ0v) is 19.3. The standard InChI is InChI=1S/C27H18BrN3O2/c1-18-11-13-19(14-12-18)23(28)15-27(16-29,17-30)24(20-7-3-2-4-8-20)31-25(32)21-9-5-6-10-22(21)26(31)33/h2-15,24H,1H3/b23-15+. The van der Waals surface area contributed by atoms with Gasteiger partial charge in [-0.3, -0.25) is 14.5 Å². The normalized spacial score (nSPS) is 14.4. The number of imide groups is 1. The van der Waals surface area contributed by atoms with Gasteiger partial charge in [0.05, 0.1) is 23.3 Å². The molecule has 0 N–H and O–H groups in total. The van der Waals surface area contributed by atoms with Gasteiger partial charge in [-0.25, -0.2) is 0 Å². The lowest BCUT2D eigenvalue weighted by Crippen LogP contribution is -2.42. The van der Waals surface area contributed by atoms with Crippen LogP contribution in [0.1, 0.15) is 43.4 Å². The summed E-state index contributed by atoms with van der Waals surface area (Å²) in [4.78, 5) is 27.7. The van der Waals surface area contributed by atoms with Gasteiger partial charge in [0.1, 0.15) is 6.04 Å². The first-order valence-corrected chi connectivity index (χ1v) is 11.0. The molecule has 3 aromatic carbocycles. The van der Waals surface area contributed by atoms with Crippen molar-refractivity contribution in [1.29, 1.82) is 10.5 Å². The van der Waals surface area contributed by atoms with Crippen LogP contribution in [0.3, 0.4) is 0 Å². The van der Waals surface area contributed by atoms with E-state index in [0.29, 0.717) is 10.0 Å². The fourth-order valence-corrected chi connectivity index (χ4v) is 4.61. The van der Waals surface area contributed by atoms with E-state index in [2.05, 4.69) is 28.1 Å². The predicted molar refractivity (Wildman–Crippen MR) is 128 cm³/mol. The van der Waals surface area contributed by atoms with E-state index < -0.39 is 23.3 Å². The second-order valence-corrected chi connectivity index (χ2v) is 8.64. The average Bonchev–Trinajstić information content (AvgIpc) is 3.10. The SMILES string of the molecule is Cc1ccc(/C(Br)=C\C(C#N)(C#N)C(c2ccccc2)N2C(=O)c3ccccc3C2=O)cc1. The molecular weight excluding hydrogens is 478 g/mol. The number of carbonyl (C=O) groups is 2. The Morgan fingerprint density at radius 3 is 1.91 bits per heavy atom. The molecule has 4 rings (SSSR count). The molecule has 1 atom stereocenters. The van der Waals surface area contributed by atoms with Gasteiger partial charge in [0.15, 0.2) is 5.41 Å². The summed E-state index contributed by atoms with van der Waals surface area (Å²) in [5.41, 5.74) is 1.02. The first kappa shape index (κ1) is 22.2. The topological polar surface area (TPSA) is 85.0 Å². The van der Waals surface area contributed by atoms with Crippen LogP contribution in [-0.2, 0) is 0 Å². The molecule has 2 amide bonds. The maximum Gasteiger partial charge on any atom is 0.262 e. The van der Waals surface area contributed by atoms with Crippen LogP contribution in [0.25, 0.3) is 4.48 Å². The van der Waals surface area contributed by atoms with Crippen molar-refractivity contribution < 1.29 is 9.59 Å². The summed E-state index contributed by atoms with van der Waals surface area (Å²) in [5, 5.41) is 20.6. The third kappa shape index (κ3) is 3.86.